The van der Waals surface area contributed by atoms with Crippen molar-refractivity contribution in [3.63, 3.8) is 0 Å². The highest BCUT2D eigenvalue weighted by Gasteiger charge is 2.20. The van der Waals surface area contributed by atoms with Gasteiger partial charge in [0, 0.05) is 18.7 Å². The van der Waals surface area contributed by atoms with Gasteiger partial charge in [-0.15, -0.1) is 0 Å². The van der Waals surface area contributed by atoms with Crippen LogP contribution in [0.25, 0.3) is 0 Å². The monoisotopic (exact) mass is 357 g/mol. The van der Waals surface area contributed by atoms with E-state index in [0.717, 1.165) is 0 Å². The molecule has 0 fully saturated rings. The van der Waals surface area contributed by atoms with E-state index < -0.39 is 21.9 Å². The van der Waals surface area contributed by atoms with E-state index in [0.29, 0.717) is 16.1 Å². The number of benzene rings is 2. The van der Waals surface area contributed by atoms with Gasteiger partial charge in [-0.1, -0.05) is 29.8 Å². The van der Waals surface area contributed by atoms with Gasteiger partial charge in [0.25, 0.3) is 0 Å². The molecule has 0 saturated heterocycles. The fraction of sp³-hybridized carbons (Fsp3) is 0.250. The summed E-state index contributed by atoms with van der Waals surface area (Å²) in [6, 6.07) is 10.5. The molecule has 1 N–H and O–H groups in total. The molecule has 0 aromatic heterocycles. The summed E-state index contributed by atoms with van der Waals surface area (Å²) in [6.07, 6.45) is -0.597. The Morgan fingerprint density at radius 1 is 1.26 bits per heavy atom. The number of hydrogen-bond donors (Lipinski definition) is 1. The smallest absolute Gasteiger partial charge is 0.240 e. The van der Waals surface area contributed by atoms with E-state index in [2.05, 4.69) is 4.72 Å². The molecule has 0 bridgehead atoms. The zero-order valence-electron chi connectivity index (χ0n) is 12.7. The normalized spacial score (nSPS) is 13.0. The maximum atomic E-state index is 13.3. The van der Waals surface area contributed by atoms with E-state index >= 15 is 0 Å². The summed E-state index contributed by atoms with van der Waals surface area (Å²) in [5, 5.41) is 0.376. The summed E-state index contributed by atoms with van der Waals surface area (Å²) in [5.41, 5.74) is 1.03. The molecule has 2 aromatic carbocycles. The Kier molecular flexibility index (Phi) is 5.75. The molecule has 0 saturated carbocycles. The Morgan fingerprint density at radius 2 is 1.96 bits per heavy atom. The summed E-state index contributed by atoms with van der Waals surface area (Å²) in [5.74, 6) is -0.405. The van der Waals surface area contributed by atoms with E-state index in [9.17, 15) is 12.8 Å². The van der Waals surface area contributed by atoms with Gasteiger partial charge < -0.3 is 4.74 Å². The number of hydrogen-bond acceptors (Lipinski definition) is 3. The van der Waals surface area contributed by atoms with Gasteiger partial charge in [-0.2, -0.15) is 0 Å². The van der Waals surface area contributed by atoms with Crippen LogP contribution in [-0.2, 0) is 14.8 Å². The highest BCUT2D eigenvalue weighted by Crippen LogP contribution is 2.23. The van der Waals surface area contributed by atoms with Gasteiger partial charge in [0.1, 0.15) is 5.82 Å². The molecule has 124 valence electrons. The van der Waals surface area contributed by atoms with Gasteiger partial charge in [-0.3, -0.25) is 0 Å². The Labute approximate surface area is 140 Å². The van der Waals surface area contributed by atoms with Crippen molar-refractivity contribution in [1.82, 2.24) is 4.72 Å². The molecule has 0 radical (unpaired) electrons. The first kappa shape index (κ1) is 17.9. The molecule has 1 atom stereocenters. The molecule has 7 heteroatoms. The first-order chi connectivity index (χ1) is 10.8. The molecule has 0 aliphatic carbocycles. The third-order valence-electron chi connectivity index (χ3n) is 3.47. The largest absolute Gasteiger partial charge is 0.375 e. The van der Waals surface area contributed by atoms with Crippen molar-refractivity contribution in [3.8, 4) is 0 Å². The number of nitrogens with one attached hydrogen (secondary N) is 1. The fourth-order valence-electron chi connectivity index (χ4n) is 2.19. The minimum atomic E-state index is -3.74. The zero-order chi connectivity index (χ0) is 17.0. The average Bonchev–Trinajstić information content (AvgIpc) is 2.50. The lowest BCUT2D eigenvalue weighted by atomic mass is 10.1. The average molecular weight is 358 g/mol. The SMILES string of the molecule is CO[C@H](CNS(=O)(=O)c1cccc(Cl)c1C)c1cccc(F)c1. The Balaban J connectivity index is 2.19. The minimum Gasteiger partial charge on any atom is -0.375 e. The van der Waals surface area contributed by atoms with Gasteiger partial charge >= 0.3 is 0 Å². The molecule has 2 rings (SSSR count). The third kappa shape index (κ3) is 4.29. The quantitative estimate of drug-likeness (QED) is 0.861. The number of methoxy groups -OCH3 is 1. The molecule has 0 aliphatic heterocycles. The molecule has 0 unspecified atom stereocenters. The fourth-order valence-corrected chi connectivity index (χ4v) is 3.71. The second-order valence-corrected chi connectivity index (χ2v) is 7.14. The van der Waals surface area contributed by atoms with Crippen LogP contribution in [-0.4, -0.2) is 22.1 Å². The third-order valence-corrected chi connectivity index (χ3v) is 5.45. The van der Waals surface area contributed by atoms with E-state index in [4.69, 9.17) is 16.3 Å². The Morgan fingerprint density at radius 3 is 2.61 bits per heavy atom. The van der Waals surface area contributed by atoms with Crippen LogP contribution in [0.1, 0.15) is 17.2 Å². The summed E-state index contributed by atoms with van der Waals surface area (Å²) < 4.78 is 45.9. The van der Waals surface area contributed by atoms with Gasteiger partial charge in [-0.05, 0) is 42.3 Å². The van der Waals surface area contributed by atoms with E-state index in [1.54, 1.807) is 31.2 Å². The van der Waals surface area contributed by atoms with Crippen LogP contribution < -0.4 is 4.72 Å². The molecule has 0 heterocycles. The van der Waals surface area contributed by atoms with Crippen molar-refractivity contribution in [2.75, 3.05) is 13.7 Å². The van der Waals surface area contributed by atoms with Crippen LogP contribution in [0.15, 0.2) is 47.4 Å². The van der Waals surface area contributed by atoms with E-state index in [-0.39, 0.29) is 11.4 Å². The summed E-state index contributed by atoms with van der Waals surface area (Å²) in [4.78, 5) is 0.110. The predicted octanol–water partition coefficient (Wildman–Crippen LogP) is 3.45. The molecule has 0 amide bonds. The van der Waals surface area contributed by atoms with Gasteiger partial charge in [0.05, 0.1) is 11.0 Å². The highest BCUT2D eigenvalue weighted by molar-refractivity contribution is 7.89. The van der Waals surface area contributed by atoms with Crippen molar-refractivity contribution >= 4 is 21.6 Å². The highest BCUT2D eigenvalue weighted by atomic mass is 35.5. The second-order valence-electron chi connectivity index (χ2n) is 4.99. The lowest BCUT2D eigenvalue weighted by Gasteiger charge is -2.17. The molecule has 4 nitrogen and oxygen atoms in total. The van der Waals surface area contributed by atoms with Gasteiger partial charge in [-0.25, -0.2) is 17.5 Å². The van der Waals surface area contributed by atoms with Crippen molar-refractivity contribution in [2.45, 2.75) is 17.9 Å². The Hall–Kier alpha value is -1.47. The number of halogens is 2. The van der Waals surface area contributed by atoms with Crippen LogP contribution in [0.5, 0.6) is 0 Å². The number of sulfonamides is 1. The standard InChI is InChI=1S/C16H17ClFNO3S/c1-11-14(17)7-4-8-16(11)23(20,21)19-10-15(22-2)12-5-3-6-13(18)9-12/h3-9,15,19H,10H2,1-2H3/t15-/m1/s1. The second kappa shape index (κ2) is 7.40. The first-order valence-corrected chi connectivity index (χ1v) is 8.74. The summed E-state index contributed by atoms with van der Waals surface area (Å²) >= 11 is 5.96. The van der Waals surface area contributed by atoms with Crippen LogP contribution in [0.2, 0.25) is 5.02 Å². The van der Waals surface area contributed by atoms with Crippen LogP contribution in [0.4, 0.5) is 4.39 Å². The minimum absolute atomic E-state index is 0.0196. The molecule has 0 aliphatic rings. The summed E-state index contributed by atoms with van der Waals surface area (Å²) in [6.45, 7) is 1.62. The zero-order valence-corrected chi connectivity index (χ0v) is 14.3. The molecular formula is C16H17ClFNO3S. The summed E-state index contributed by atoms with van der Waals surface area (Å²) in [7, 11) is -2.31. The van der Waals surface area contributed by atoms with Gasteiger partial charge in [0.2, 0.25) is 10.0 Å². The molecule has 2 aromatic rings. The number of ether oxygens (including phenoxy) is 1. The molecule has 0 spiro atoms. The van der Waals surface area contributed by atoms with E-state index in [1.807, 2.05) is 0 Å². The first-order valence-electron chi connectivity index (χ1n) is 6.88. The van der Waals surface area contributed by atoms with Crippen molar-refractivity contribution in [1.29, 1.82) is 0 Å². The van der Waals surface area contributed by atoms with Crippen molar-refractivity contribution < 1.29 is 17.5 Å². The van der Waals surface area contributed by atoms with Crippen LogP contribution in [0, 0.1) is 12.7 Å². The topological polar surface area (TPSA) is 55.4 Å². The van der Waals surface area contributed by atoms with Gasteiger partial charge in [0.15, 0.2) is 0 Å². The van der Waals surface area contributed by atoms with Crippen LogP contribution >= 0.6 is 11.6 Å². The maximum absolute atomic E-state index is 13.3. The lowest BCUT2D eigenvalue weighted by Crippen LogP contribution is -2.29. The number of rotatable bonds is 6. The Bertz CT molecular complexity index is 796. The predicted molar refractivity (Wildman–Crippen MR) is 87.5 cm³/mol. The molecular weight excluding hydrogens is 341 g/mol. The molecule has 23 heavy (non-hydrogen) atoms. The van der Waals surface area contributed by atoms with Crippen molar-refractivity contribution in [2.24, 2.45) is 0 Å². The van der Waals surface area contributed by atoms with Crippen molar-refractivity contribution in [3.05, 3.63) is 64.4 Å². The maximum Gasteiger partial charge on any atom is 0.240 e. The van der Waals surface area contributed by atoms with Crippen LogP contribution in [0.3, 0.4) is 0 Å². The van der Waals surface area contributed by atoms with E-state index in [1.165, 1.54) is 25.3 Å². The lowest BCUT2D eigenvalue weighted by molar-refractivity contribution is 0.107.